The zero-order chi connectivity index (χ0) is 33.6. The Morgan fingerprint density at radius 2 is 1.51 bits per heavy atom. The van der Waals surface area contributed by atoms with Gasteiger partial charge in [-0.1, -0.05) is 85.6 Å². The Bertz CT molecular complexity index is 940. The lowest BCUT2D eigenvalue weighted by Gasteiger charge is -2.36. The van der Waals surface area contributed by atoms with Gasteiger partial charge < -0.3 is 18.3 Å². The van der Waals surface area contributed by atoms with Gasteiger partial charge >= 0.3 is 11.9 Å². The highest BCUT2D eigenvalue weighted by Gasteiger charge is 2.48. The molecule has 2 fully saturated rings. The molecule has 0 aromatic carbocycles. The van der Waals surface area contributed by atoms with Gasteiger partial charge in [-0.3, -0.25) is 4.79 Å². The van der Waals surface area contributed by atoms with Gasteiger partial charge in [0, 0.05) is 12.3 Å². The van der Waals surface area contributed by atoms with Gasteiger partial charge in [0.25, 0.3) is 0 Å². The van der Waals surface area contributed by atoms with Crippen LogP contribution in [0.5, 0.6) is 0 Å². The molecule has 0 aliphatic heterocycles. The van der Waals surface area contributed by atoms with E-state index in [-0.39, 0.29) is 18.7 Å². The van der Waals surface area contributed by atoms with E-state index in [2.05, 4.69) is 73.6 Å². The van der Waals surface area contributed by atoms with Crippen molar-refractivity contribution in [2.24, 2.45) is 23.7 Å². The molecular weight excluding hydrogens is 597 g/mol. The number of hydrogen-bond donors (Lipinski definition) is 0. The third-order valence-corrected chi connectivity index (χ3v) is 20.7. The molecule has 0 heterocycles. The highest BCUT2D eigenvalue weighted by Crippen LogP contribution is 2.52. The molecule has 7 atom stereocenters. The molecule has 2 saturated carbocycles. The average Bonchev–Trinajstić information content (AvgIpc) is 3.59. The number of esters is 2. The van der Waals surface area contributed by atoms with E-state index >= 15 is 0 Å². The van der Waals surface area contributed by atoms with E-state index in [0.717, 1.165) is 38.5 Å². The number of allylic oxidation sites excluding steroid dienone is 2. The molecule has 45 heavy (non-hydrogen) atoms. The topological polar surface area (TPSA) is 71.1 Å². The molecule has 0 bridgehead atoms. The highest BCUT2D eigenvalue weighted by atomic mass is 28.4. The first kappa shape index (κ1) is 40.0. The first-order valence-electron chi connectivity index (χ1n) is 18.6. The Morgan fingerprint density at radius 3 is 2.07 bits per heavy atom. The van der Waals surface area contributed by atoms with E-state index in [1.807, 2.05) is 0 Å². The summed E-state index contributed by atoms with van der Waals surface area (Å²) in [6.45, 7) is 22.2. The summed E-state index contributed by atoms with van der Waals surface area (Å²) in [5.41, 5.74) is 1.53. The van der Waals surface area contributed by atoms with Crippen molar-refractivity contribution in [2.45, 2.75) is 169 Å². The molecule has 0 saturated heterocycles. The van der Waals surface area contributed by atoms with Crippen LogP contribution in [-0.2, 0) is 27.9 Å². The number of carbonyl (C=O) groups is 2. The first-order valence-corrected chi connectivity index (χ1v) is 23.6. The molecule has 0 radical (unpaired) electrons. The van der Waals surface area contributed by atoms with E-state index in [1.165, 1.54) is 41.8 Å². The van der Waals surface area contributed by atoms with Crippen molar-refractivity contribution >= 4 is 28.6 Å². The van der Waals surface area contributed by atoms with Crippen LogP contribution >= 0.6 is 0 Å². The fourth-order valence-electron chi connectivity index (χ4n) is 7.58. The molecule has 2 aliphatic rings. The van der Waals surface area contributed by atoms with E-state index < -0.39 is 28.7 Å². The van der Waals surface area contributed by atoms with Crippen molar-refractivity contribution in [1.29, 1.82) is 0 Å². The van der Waals surface area contributed by atoms with E-state index in [9.17, 15) is 9.59 Å². The van der Waals surface area contributed by atoms with Crippen molar-refractivity contribution in [1.82, 2.24) is 0 Å². The van der Waals surface area contributed by atoms with Crippen molar-refractivity contribution in [3.05, 3.63) is 23.8 Å². The molecule has 0 amide bonds. The number of carbonyl (C=O) groups excluding carboxylic acids is 2. The van der Waals surface area contributed by atoms with Gasteiger partial charge in [0.15, 0.2) is 22.7 Å². The lowest BCUT2D eigenvalue weighted by Crippen LogP contribution is -2.42. The summed E-state index contributed by atoms with van der Waals surface area (Å²) in [6.07, 6.45) is 13.4. The van der Waals surface area contributed by atoms with Crippen molar-refractivity contribution < 1.29 is 27.9 Å². The van der Waals surface area contributed by atoms with Crippen molar-refractivity contribution in [3.63, 3.8) is 0 Å². The van der Waals surface area contributed by atoms with Crippen LogP contribution in [0.4, 0.5) is 0 Å². The predicted octanol–water partition coefficient (Wildman–Crippen LogP) is 10.0. The maximum Gasteiger partial charge on any atom is 0.347 e. The minimum atomic E-state index is -1.74. The molecule has 8 heteroatoms. The fourth-order valence-corrected chi connectivity index (χ4v) is 13.4. The number of rotatable bonds is 21. The molecule has 2 aliphatic carbocycles. The molecule has 0 N–H and O–H groups in total. The van der Waals surface area contributed by atoms with E-state index in [4.69, 9.17) is 18.3 Å². The monoisotopic (exact) mass is 664 g/mol. The van der Waals surface area contributed by atoms with Gasteiger partial charge in [-0.2, -0.15) is 0 Å². The molecule has 260 valence electrons. The van der Waals surface area contributed by atoms with Gasteiger partial charge in [0.05, 0.1) is 18.8 Å². The average molecular weight is 665 g/mol. The van der Waals surface area contributed by atoms with E-state index in [0.29, 0.717) is 36.2 Å². The zero-order valence-electron chi connectivity index (χ0n) is 30.6. The minimum absolute atomic E-state index is 0.175. The normalized spacial score (nSPS) is 25.0. The first-order chi connectivity index (χ1) is 21.5. The maximum absolute atomic E-state index is 12.2. The Kier molecular flexibility index (Phi) is 17.4. The van der Waals surface area contributed by atoms with Gasteiger partial charge in [0.1, 0.15) is 0 Å². The second kappa shape index (κ2) is 19.6. The fraction of sp³-hybridized carbons (Fsp3) is 0.838. The largest absolute Gasteiger partial charge is 0.463 e. The summed E-state index contributed by atoms with van der Waals surface area (Å²) in [6, 6.07) is 7.08. The standard InChI is InChI=1S/C37H68O6Si2/c1-11-28(9)34(42-44(13-3,14-4)15-5)24-23-32-33-26-30(21-19-20-22-36(38)41-29(10)37(39)40-12-2)25-31(33)27-35(32)43-45(16-6,17-7)18-8/h21,23-24,28-29,31-35H,11-20,22,25-27H2,1-10H3/b24-23+,30-21+/t28?,29-,31+,32-,33+,34-,35?/m1/s1. The number of unbranched alkanes of at least 4 members (excludes halogenated alkanes) is 1. The van der Waals surface area contributed by atoms with Crippen LogP contribution in [0.15, 0.2) is 23.8 Å². The molecular formula is C37H68O6Si2. The Hall–Kier alpha value is -1.23. The summed E-state index contributed by atoms with van der Waals surface area (Å²) >= 11 is 0. The number of ether oxygens (including phenoxy) is 2. The summed E-state index contributed by atoms with van der Waals surface area (Å²) in [7, 11) is -3.47. The quantitative estimate of drug-likeness (QED) is 0.0526. The summed E-state index contributed by atoms with van der Waals surface area (Å²) in [4.78, 5) is 24.0. The van der Waals surface area contributed by atoms with Gasteiger partial charge in [0.2, 0.25) is 0 Å². The molecule has 2 unspecified atom stereocenters. The van der Waals surface area contributed by atoms with Crippen LogP contribution in [-0.4, -0.2) is 53.5 Å². The maximum atomic E-state index is 12.2. The Labute approximate surface area is 278 Å². The molecule has 2 rings (SSSR count). The smallest absolute Gasteiger partial charge is 0.347 e. The van der Waals surface area contributed by atoms with Crippen LogP contribution in [0.3, 0.4) is 0 Å². The zero-order valence-corrected chi connectivity index (χ0v) is 32.6. The van der Waals surface area contributed by atoms with Crippen LogP contribution in [0.25, 0.3) is 0 Å². The van der Waals surface area contributed by atoms with Gasteiger partial charge in [-0.25, -0.2) is 4.79 Å². The summed E-state index contributed by atoms with van der Waals surface area (Å²) in [5, 5.41) is 0. The molecule has 6 nitrogen and oxygen atoms in total. The van der Waals surface area contributed by atoms with Gasteiger partial charge in [-0.15, -0.1) is 0 Å². The number of hydrogen-bond acceptors (Lipinski definition) is 6. The summed E-state index contributed by atoms with van der Waals surface area (Å²) in [5.74, 6) is 1.36. The molecule has 0 spiro atoms. The Balaban J connectivity index is 2.18. The molecule has 0 aromatic rings. The van der Waals surface area contributed by atoms with Crippen LogP contribution in [0, 0.1) is 23.7 Å². The second-order valence-electron chi connectivity index (χ2n) is 13.8. The second-order valence-corrected chi connectivity index (χ2v) is 23.2. The predicted molar refractivity (Wildman–Crippen MR) is 191 cm³/mol. The third-order valence-electron chi connectivity index (χ3n) is 11.4. The van der Waals surface area contributed by atoms with Crippen LogP contribution in [0.1, 0.15) is 114 Å². The van der Waals surface area contributed by atoms with E-state index in [1.54, 1.807) is 13.8 Å². The summed E-state index contributed by atoms with van der Waals surface area (Å²) < 4.78 is 24.6. The van der Waals surface area contributed by atoms with Crippen LogP contribution < -0.4 is 0 Å². The third kappa shape index (κ3) is 11.2. The highest BCUT2D eigenvalue weighted by molar-refractivity contribution is 6.74. The SMILES string of the molecule is CCOC(=O)[C@@H](C)OC(=O)CCC/C=C1\C[C@H]2CC(O[Si](CC)(CC)CC)[C@H](/C=C/[C@@H](O[Si](CC)(CC)CC)C(C)CC)[C@H]2C1. The lowest BCUT2D eigenvalue weighted by molar-refractivity contribution is -0.166. The number of fused-ring (bicyclic) bond motifs is 1. The van der Waals surface area contributed by atoms with Crippen molar-refractivity contribution in [2.75, 3.05) is 6.61 Å². The lowest BCUT2D eigenvalue weighted by atomic mass is 9.89. The van der Waals surface area contributed by atoms with Crippen molar-refractivity contribution in [3.8, 4) is 0 Å². The molecule has 0 aromatic heterocycles. The van der Waals surface area contributed by atoms with Gasteiger partial charge in [-0.05, 0) is 100.0 Å². The minimum Gasteiger partial charge on any atom is -0.463 e. The van der Waals surface area contributed by atoms with Crippen LogP contribution in [0.2, 0.25) is 36.3 Å². The Morgan fingerprint density at radius 1 is 0.889 bits per heavy atom.